The molecule has 3 aromatic carbocycles. The van der Waals surface area contributed by atoms with E-state index in [1.165, 1.54) is 16.2 Å². The van der Waals surface area contributed by atoms with Gasteiger partial charge in [-0.2, -0.15) is 5.26 Å². The van der Waals surface area contributed by atoms with Crippen LogP contribution in [0.3, 0.4) is 0 Å². The molecule has 0 atom stereocenters. The molecule has 164 valence electrons. The first kappa shape index (κ1) is 22.5. The van der Waals surface area contributed by atoms with Crippen LogP contribution >= 0.6 is 15.9 Å². The fourth-order valence-electron chi connectivity index (χ4n) is 3.35. The number of anilines is 1. The number of nitrogens with one attached hydrogen (secondary N) is 1. The van der Waals surface area contributed by atoms with Gasteiger partial charge in [0, 0.05) is 27.3 Å². The van der Waals surface area contributed by atoms with Crippen LogP contribution in [0.5, 0.6) is 0 Å². The Balaban J connectivity index is 1.77. The van der Waals surface area contributed by atoms with Crippen molar-refractivity contribution in [3.8, 4) is 6.07 Å². The van der Waals surface area contributed by atoms with Crippen molar-refractivity contribution < 1.29 is 13.2 Å². The molecule has 1 N–H and O–H groups in total. The number of carbonyl (C=O) groups is 1. The molecule has 0 saturated carbocycles. The quantitative estimate of drug-likeness (QED) is 0.278. The van der Waals surface area contributed by atoms with Crippen LogP contribution in [0.4, 0.5) is 5.69 Å². The van der Waals surface area contributed by atoms with Gasteiger partial charge in [-0.3, -0.25) is 4.79 Å². The second-order valence-electron chi connectivity index (χ2n) is 7.35. The summed E-state index contributed by atoms with van der Waals surface area (Å²) in [6.45, 7) is 1.88. The number of nitriles is 1. The molecule has 0 bridgehead atoms. The van der Waals surface area contributed by atoms with E-state index in [4.69, 9.17) is 0 Å². The van der Waals surface area contributed by atoms with Gasteiger partial charge in [-0.25, -0.2) is 12.4 Å². The Hall–Kier alpha value is -3.67. The maximum absolute atomic E-state index is 13.3. The summed E-state index contributed by atoms with van der Waals surface area (Å²) >= 11 is 3.33. The number of hydrogen-bond acceptors (Lipinski definition) is 4. The first-order valence-electron chi connectivity index (χ1n) is 9.90. The van der Waals surface area contributed by atoms with Crippen molar-refractivity contribution in [3.05, 3.63) is 100 Å². The molecule has 1 aromatic heterocycles. The summed E-state index contributed by atoms with van der Waals surface area (Å²) in [6.07, 6.45) is 2.84. The number of halogens is 1. The van der Waals surface area contributed by atoms with E-state index in [0.29, 0.717) is 22.2 Å². The number of amides is 1. The van der Waals surface area contributed by atoms with Crippen molar-refractivity contribution in [3.63, 3.8) is 0 Å². The number of hydrogen-bond donors (Lipinski definition) is 1. The van der Waals surface area contributed by atoms with Crippen LogP contribution in [0.1, 0.15) is 11.1 Å². The second kappa shape index (κ2) is 9.06. The van der Waals surface area contributed by atoms with Crippen LogP contribution < -0.4 is 5.32 Å². The molecule has 8 heteroatoms. The van der Waals surface area contributed by atoms with Gasteiger partial charge in [-0.1, -0.05) is 51.8 Å². The highest BCUT2D eigenvalue weighted by Crippen LogP contribution is 2.28. The first-order chi connectivity index (χ1) is 15.8. The zero-order chi connectivity index (χ0) is 23.6. The number of nitrogens with zero attached hydrogens (tertiary/aromatic N) is 2. The third-order valence-electron chi connectivity index (χ3n) is 5.05. The van der Waals surface area contributed by atoms with Crippen molar-refractivity contribution in [1.29, 1.82) is 5.26 Å². The monoisotopic (exact) mass is 519 g/mol. The average molecular weight is 520 g/mol. The Morgan fingerprint density at radius 1 is 1.03 bits per heavy atom. The molecule has 1 amide bonds. The lowest BCUT2D eigenvalue weighted by molar-refractivity contribution is -0.112. The van der Waals surface area contributed by atoms with Crippen LogP contribution in [0, 0.1) is 18.3 Å². The third-order valence-corrected chi connectivity index (χ3v) is 7.27. The largest absolute Gasteiger partial charge is 0.321 e. The van der Waals surface area contributed by atoms with Gasteiger partial charge in [0.2, 0.25) is 0 Å². The minimum absolute atomic E-state index is 0.145. The van der Waals surface area contributed by atoms with Gasteiger partial charge >= 0.3 is 0 Å². The predicted octanol–water partition coefficient (Wildman–Crippen LogP) is 5.49. The summed E-state index contributed by atoms with van der Waals surface area (Å²) in [5.74, 6) is -0.585. The molecule has 4 aromatic rings. The Kier molecular flexibility index (Phi) is 6.18. The van der Waals surface area contributed by atoms with Crippen molar-refractivity contribution in [2.24, 2.45) is 0 Å². The summed E-state index contributed by atoms with van der Waals surface area (Å²) in [4.78, 5) is 12.8. The maximum atomic E-state index is 13.3. The van der Waals surface area contributed by atoms with E-state index < -0.39 is 15.9 Å². The van der Waals surface area contributed by atoms with Crippen LogP contribution in [0.15, 0.2) is 93.9 Å². The van der Waals surface area contributed by atoms with Gasteiger partial charge in [0.25, 0.3) is 15.9 Å². The molecular formula is C25H18BrN3O3S. The predicted molar refractivity (Wildman–Crippen MR) is 132 cm³/mol. The van der Waals surface area contributed by atoms with E-state index in [2.05, 4.69) is 21.2 Å². The van der Waals surface area contributed by atoms with Gasteiger partial charge in [0.1, 0.15) is 11.6 Å². The van der Waals surface area contributed by atoms with Gasteiger partial charge in [-0.15, -0.1) is 0 Å². The number of aryl methyl sites for hydroxylation is 1. The lowest BCUT2D eigenvalue weighted by Crippen LogP contribution is -2.13. The molecule has 0 radical (unpaired) electrons. The molecule has 0 aliphatic heterocycles. The van der Waals surface area contributed by atoms with Crippen LogP contribution in [-0.2, 0) is 14.8 Å². The van der Waals surface area contributed by atoms with Crippen LogP contribution in [0.2, 0.25) is 0 Å². The highest BCUT2D eigenvalue weighted by molar-refractivity contribution is 9.10. The van der Waals surface area contributed by atoms with E-state index in [0.717, 1.165) is 10.0 Å². The molecular weight excluding hydrogens is 502 g/mol. The number of benzene rings is 3. The molecule has 4 rings (SSSR count). The van der Waals surface area contributed by atoms with Crippen molar-refractivity contribution in [2.75, 3.05) is 5.32 Å². The summed E-state index contributed by atoms with van der Waals surface area (Å²) in [7, 11) is -3.88. The minimum Gasteiger partial charge on any atom is -0.321 e. The number of aromatic nitrogens is 1. The van der Waals surface area contributed by atoms with Gasteiger partial charge in [0.15, 0.2) is 0 Å². The third kappa shape index (κ3) is 4.60. The number of fused-ring (bicyclic) bond motifs is 1. The summed E-state index contributed by atoms with van der Waals surface area (Å²) in [5, 5.41) is 12.9. The smallest absolute Gasteiger partial charge is 0.268 e. The number of carbonyl (C=O) groups excluding carboxylic acids is 1. The highest BCUT2D eigenvalue weighted by atomic mass is 79.9. The van der Waals surface area contributed by atoms with Crippen molar-refractivity contribution in [2.45, 2.75) is 11.8 Å². The maximum Gasteiger partial charge on any atom is 0.268 e. The lowest BCUT2D eigenvalue weighted by Gasteiger charge is -2.07. The first-order valence-corrected chi connectivity index (χ1v) is 12.1. The van der Waals surface area contributed by atoms with Crippen molar-refractivity contribution in [1.82, 2.24) is 3.97 Å². The Morgan fingerprint density at radius 2 is 1.70 bits per heavy atom. The Bertz CT molecular complexity index is 1530. The van der Waals surface area contributed by atoms with E-state index >= 15 is 0 Å². The molecule has 0 spiro atoms. The molecule has 33 heavy (non-hydrogen) atoms. The molecule has 6 nitrogen and oxygen atoms in total. The highest BCUT2D eigenvalue weighted by Gasteiger charge is 2.21. The Labute approximate surface area is 200 Å². The zero-order valence-corrected chi connectivity index (χ0v) is 19.9. The summed E-state index contributed by atoms with van der Waals surface area (Å²) < 4.78 is 28.7. The van der Waals surface area contributed by atoms with E-state index in [9.17, 15) is 18.5 Å². The Morgan fingerprint density at radius 3 is 2.36 bits per heavy atom. The van der Waals surface area contributed by atoms with E-state index in [1.54, 1.807) is 72.8 Å². The SMILES string of the molecule is Cc1ccc(S(=O)(=O)n2cc(/C=C(\C#N)C(=O)Nc3ccc(Br)cc3)c3ccccc32)cc1. The fourth-order valence-corrected chi connectivity index (χ4v) is 4.99. The molecule has 0 unspecified atom stereocenters. The topological polar surface area (TPSA) is 92.0 Å². The van der Waals surface area contributed by atoms with E-state index in [-0.39, 0.29) is 10.5 Å². The van der Waals surface area contributed by atoms with Crippen molar-refractivity contribution >= 4 is 54.5 Å². The van der Waals surface area contributed by atoms with Gasteiger partial charge < -0.3 is 5.32 Å². The van der Waals surface area contributed by atoms with Gasteiger partial charge in [0.05, 0.1) is 10.4 Å². The second-order valence-corrected chi connectivity index (χ2v) is 10.1. The standard InChI is InChI=1S/C25H18BrN3O3S/c1-17-6-12-22(13-7-17)33(31,32)29-16-19(23-4-2-3-5-24(23)29)14-18(15-27)25(30)28-21-10-8-20(26)9-11-21/h2-14,16H,1H3,(H,28,30)/b18-14+. The molecule has 0 aliphatic carbocycles. The average Bonchev–Trinajstić information content (AvgIpc) is 3.18. The molecule has 0 saturated heterocycles. The number of para-hydroxylation sites is 1. The minimum atomic E-state index is -3.88. The zero-order valence-electron chi connectivity index (χ0n) is 17.5. The lowest BCUT2D eigenvalue weighted by atomic mass is 10.1. The molecule has 0 fully saturated rings. The molecule has 0 aliphatic rings. The summed E-state index contributed by atoms with van der Waals surface area (Å²) in [5.41, 5.74) is 2.24. The summed E-state index contributed by atoms with van der Waals surface area (Å²) in [6, 6.07) is 22.4. The number of rotatable bonds is 5. The fraction of sp³-hybridized carbons (Fsp3) is 0.0400. The molecule has 1 heterocycles. The van der Waals surface area contributed by atoms with E-state index in [1.807, 2.05) is 13.0 Å². The van der Waals surface area contributed by atoms with Crippen LogP contribution in [-0.4, -0.2) is 18.3 Å². The van der Waals surface area contributed by atoms with Gasteiger partial charge in [-0.05, 0) is 55.5 Å². The van der Waals surface area contributed by atoms with Crippen LogP contribution in [0.25, 0.3) is 17.0 Å². The normalized spacial score (nSPS) is 11.8.